The zero-order chi connectivity index (χ0) is 34.9. The number of anilines is 3. The van der Waals surface area contributed by atoms with Gasteiger partial charge in [-0.3, -0.25) is 4.79 Å². The van der Waals surface area contributed by atoms with E-state index in [1.807, 2.05) is 12.1 Å². The number of rotatable bonds is 16. The zero-order valence-electron chi connectivity index (χ0n) is 29.3. The molecule has 259 valence electrons. The number of fused-ring (bicyclic) bond motifs is 1. The van der Waals surface area contributed by atoms with Gasteiger partial charge in [-0.15, -0.1) is 11.3 Å². The minimum atomic E-state index is -0.412. The van der Waals surface area contributed by atoms with Crippen LogP contribution >= 0.6 is 11.3 Å². The Kier molecular flexibility index (Phi) is 12.7. The number of hydrogen-bond acceptors (Lipinski definition) is 10. The molecule has 10 nitrogen and oxygen atoms in total. The van der Waals surface area contributed by atoms with Crippen LogP contribution in [0.1, 0.15) is 52.8 Å². The van der Waals surface area contributed by atoms with Crippen LogP contribution in [0, 0.1) is 22.6 Å². The average molecular weight is 680 g/mol. The standard InChI is InChI=1S/C36H48FN6O4S/c1-35(2,3)31(36(4,5)6)22-43(14-16-45-7)13-10-15-47-30-20-28-27(19-29(30)46-8)33(40-23-39-28)42-34-38-21-26(48-34)18-32(44)41-25-12-9-11-24(37)17-25/h9,11-12,17,19-21,23H,10,13-16,18,22H2,1-8H3,(H,41,44)(H,38,39,40,42). The molecule has 0 spiro atoms. The molecule has 0 unspecified atom stereocenters. The summed E-state index contributed by atoms with van der Waals surface area (Å²) in [6, 6.07) is 9.50. The van der Waals surface area contributed by atoms with Crippen LogP contribution in [0.4, 0.5) is 21.0 Å². The highest BCUT2D eigenvalue weighted by Crippen LogP contribution is 2.42. The van der Waals surface area contributed by atoms with Crippen molar-refractivity contribution < 1.29 is 23.4 Å². The Bertz CT molecular complexity index is 1640. The Labute approximate surface area is 287 Å². The molecule has 48 heavy (non-hydrogen) atoms. The molecule has 4 aromatic rings. The molecule has 2 aromatic heterocycles. The van der Waals surface area contributed by atoms with Gasteiger partial charge in [-0.2, -0.15) is 0 Å². The molecule has 2 N–H and O–H groups in total. The predicted octanol–water partition coefficient (Wildman–Crippen LogP) is 7.54. The van der Waals surface area contributed by atoms with Crippen molar-refractivity contribution in [2.45, 2.75) is 54.4 Å². The van der Waals surface area contributed by atoms with E-state index in [1.165, 1.54) is 35.7 Å². The van der Waals surface area contributed by atoms with Crippen LogP contribution in [0.3, 0.4) is 0 Å². The molecule has 0 fully saturated rings. The summed E-state index contributed by atoms with van der Waals surface area (Å²) in [6.07, 6.45) is 4.05. The molecule has 4 rings (SSSR count). The van der Waals surface area contributed by atoms with Crippen molar-refractivity contribution in [1.29, 1.82) is 0 Å². The number of hydrogen-bond donors (Lipinski definition) is 2. The van der Waals surface area contributed by atoms with Gasteiger partial charge in [0, 0.05) is 60.9 Å². The van der Waals surface area contributed by atoms with Crippen LogP contribution in [0.2, 0.25) is 0 Å². The normalized spacial score (nSPS) is 12.1. The third-order valence-electron chi connectivity index (χ3n) is 7.82. The molecule has 0 aliphatic rings. The lowest BCUT2D eigenvalue weighted by Gasteiger charge is -2.43. The van der Waals surface area contributed by atoms with Crippen LogP contribution in [0.25, 0.3) is 10.9 Å². The number of nitrogens with one attached hydrogen (secondary N) is 2. The quantitative estimate of drug-likeness (QED) is 0.116. The maximum atomic E-state index is 13.5. The van der Waals surface area contributed by atoms with Crippen molar-refractivity contribution >= 4 is 44.8 Å². The van der Waals surface area contributed by atoms with Crippen molar-refractivity contribution in [2.75, 3.05) is 57.7 Å². The highest BCUT2D eigenvalue weighted by molar-refractivity contribution is 7.15. The van der Waals surface area contributed by atoms with Crippen LogP contribution in [-0.2, 0) is 16.0 Å². The minimum Gasteiger partial charge on any atom is -0.493 e. The Morgan fingerprint density at radius 1 is 0.958 bits per heavy atom. The molecule has 0 aliphatic heterocycles. The van der Waals surface area contributed by atoms with Crippen molar-refractivity contribution in [3.63, 3.8) is 0 Å². The fraction of sp³-hybridized carbons (Fsp3) is 0.472. The number of ether oxygens (including phenoxy) is 3. The van der Waals surface area contributed by atoms with Gasteiger partial charge < -0.3 is 29.7 Å². The fourth-order valence-corrected chi connectivity index (χ4v) is 6.51. The molecule has 0 saturated carbocycles. The lowest BCUT2D eigenvalue weighted by atomic mass is 9.66. The zero-order valence-corrected chi connectivity index (χ0v) is 30.1. The summed E-state index contributed by atoms with van der Waals surface area (Å²) in [6.45, 7) is 17.5. The van der Waals surface area contributed by atoms with E-state index in [1.54, 1.807) is 32.5 Å². The summed E-state index contributed by atoms with van der Waals surface area (Å²) >= 11 is 1.33. The second-order valence-corrected chi connectivity index (χ2v) is 14.8. The van der Waals surface area contributed by atoms with Crippen molar-refractivity contribution in [3.8, 4) is 11.5 Å². The topological polar surface area (TPSA) is 111 Å². The first-order chi connectivity index (χ1) is 22.8. The van der Waals surface area contributed by atoms with E-state index in [2.05, 4.69) is 72.0 Å². The van der Waals surface area contributed by atoms with E-state index in [4.69, 9.17) is 14.2 Å². The van der Waals surface area contributed by atoms with Gasteiger partial charge in [0.1, 0.15) is 18.0 Å². The molecule has 0 atom stereocenters. The first-order valence-corrected chi connectivity index (χ1v) is 16.9. The van der Waals surface area contributed by atoms with E-state index in [0.717, 1.165) is 36.3 Å². The number of thiazole rings is 1. The first-order valence-electron chi connectivity index (χ1n) is 16.1. The van der Waals surface area contributed by atoms with Gasteiger partial charge >= 0.3 is 0 Å². The van der Waals surface area contributed by atoms with Gasteiger partial charge in [0.25, 0.3) is 0 Å². The Morgan fingerprint density at radius 3 is 2.42 bits per heavy atom. The largest absolute Gasteiger partial charge is 0.493 e. The molecule has 0 saturated heterocycles. The van der Waals surface area contributed by atoms with E-state index < -0.39 is 5.82 Å². The van der Waals surface area contributed by atoms with Gasteiger partial charge in [-0.1, -0.05) is 47.6 Å². The molecule has 12 heteroatoms. The number of methoxy groups -OCH3 is 2. The molecular formula is C36H48FN6O4S. The maximum absolute atomic E-state index is 13.5. The highest BCUT2D eigenvalue weighted by atomic mass is 32.1. The lowest BCUT2D eigenvalue weighted by Crippen LogP contribution is -2.42. The number of amides is 1. The van der Waals surface area contributed by atoms with Crippen molar-refractivity contribution in [1.82, 2.24) is 19.9 Å². The first kappa shape index (κ1) is 37.0. The number of nitrogens with zero attached hydrogens (tertiary/aromatic N) is 4. The van der Waals surface area contributed by atoms with Crippen LogP contribution in [0.5, 0.6) is 11.5 Å². The smallest absolute Gasteiger partial charge is 0.229 e. The Hall–Kier alpha value is -3.87. The van der Waals surface area contributed by atoms with Gasteiger partial charge in [0.15, 0.2) is 16.6 Å². The summed E-state index contributed by atoms with van der Waals surface area (Å²) in [5, 5.41) is 7.26. The number of aromatic nitrogens is 3. The van der Waals surface area contributed by atoms with Crippen molar-refractivity contribution in [3.05, 3.63) is 65.5 Å². The fourth-order valence-electron chi connectivity index (χ4n) is 5.70. The van der Waals surface area contributed by atoms with E-state index in [-0.39, 0.29) is 23.2 Å². The van der Waals surface area contributed by atoms with Gasteiger partial charge in [0.2, 0.25) is 5.91 Å². The lowest BCUT2D eigenvalue weighted by molar-refractivity contribution is -0.115. The summed E-state index contributed by atoms with van der Waals surface area (Å²) in [5.74, 6) is 2.56. The summed E-state index contributed by atoms with van der Waals surface area (Å²) < 4.78 is 30.8. The number of benzene rings is 2. The predicted molar refractivity (Wildman–Crippen MR) is 191 cm³/mol. The van der Waals surface area contributed by atoms with Crippen LogP contribution in [-0.4, -0.2) is 72.8 Å². The Morgan fingerprint density at radius 2 is 1.73 bits per heavy atom. The second kappa shape index (κ2) is 16.5. The monoisotopic (exact) mass is 679 g/mol. The molecule has 2 heterocycles. The summed E-state index contributed by atoms with van der Waals surface area (Å²) in [5.41, 5.74) is 1.28. The number of carbonyl (C=O) groups excluding carboxylic acids is 1. The van der Waals surface area contributed by atoms with Crippen molar-refractivity contribution in [2.24, 2.45) is 10.8 Å². The molecule has 1 radical (unpaired) electrons. The second-order valence-electron chi connectivity index (χ2n) is 13.7. The van der Waals surface area contributed by atoms with E-state index >= 15 is 0 Å². The minimum absolute atomic E-state index is 0.0951. The molecule has 1 amide bonds. The summed E-state index contributed by atoms with van der Waals surface area (Å²) in [4.78, 5) is 29.0. The molecule has 0 bridgehead atoms. The van der Waals surface area contributed by atoms with E-state index in [0.29, 0.717) is 46.9 Å². The molecule has 0 aliphatic carbocycles. The Balaban J connectivity index is 1.39. The van der Waals surface area contributed by atoms with Crippen LogP contribution in [0.15, 0.2) is 48.9 Å². The highest BCUT2D eigenvalue weighted by Gasteiger charge is 2.36. The van der Waals surface area contributed by atoms with Gasteiger partial charge in [0.05, 0.1) is 32.3 Å². The number of carbonyl (C=O) groups is 1. The third-order valence-corrected chi connectivity index (χ3v) is 8.74. The average Bonchev–Trinajstić information content (AvgIpc) is 3.44. The van der Waals surface area contributed by atoms with Gasteiger partial charge in [-0.05, 0) is 41.5 Å². The molecular weight excluding hydrogens is 631 g/mol. The molecule has 2 aromatic carbocycles. The SMILES string of the molecule is COCCN(CCCOc1cc2ncnc(Nc3ncc(CC(=O)Nc4cccc(F)c4)s3)c2cc1OC)C[C](C(C)(C)C)C(C)(C)C. The summed E-state index contributed by atoms with van der Waals surface area (Å²) in [7, 11) is 3.35. The van der Waals surface area contributed by atoms with Gasteiger partial charge in [-0.25, -0.2) is 19.3 Å². The maximum Gasteiger partial charge on any atom is 0.229 e. The van der Waals surface area contributed by atoms with E-state index in [9.17, 15) is 9.18 Å². The third kappa shape index (κ3) is 10.6. The van der Waals surface area contributed by atoms with Crippen LogP contribution < -0.4 is 20.1 Å². The number of halogens is 1.